The molecular formula is C20H26ClN3O3S. The number of halogens is 1. The van der Waals surface area contributed by atoms with E-state index in [2.05, 4.69) is 42.8 Å². The van der Waals surface area contributed by atoms with Crippen molar-refractivity contribution in [1.82, 2.24) is 3.96 Å². The normalized spacial score (nSPS) is 12.2. The van der Waals surface area contributed by atoms with Crippen molar-refractivity contribution in [2.24, 2.45) is 10.7 Å². The molecule has 0 aliphatic rings. The molecule has 0 spiro atoms. The van der Waals surface area contributed by atoms with E-state index in [1.807, 2.05) is 0 Å². The third kappa shape index (κ3) is 5.94. The number of nitrogens with two attached hydrogens (primary N) is 1. The zero-order chi connectivity index (χ0) is 20.9. The molecule has 0 atom stereocenters. The molecule has 1 aromatic heterocycles. The lowest BCUT2D eigenvalue weighted by Gasteiger charge is -2.19. The summed E-state index contributed by atoms with van der Waals surface area (Å²) in [7, 11) is 0. The smallest absolute Gasteiger partial charge is 0.282 e. The molecule has 0 aliphatic heterocycles. The number of amides is 2. The number of benzene rings is 1. The van der Waals surface area contributed by atoms with E-state index in [1.165, 1.54) is 23.7 Å². The van der Waals surface area contributed by atoms with E-state index in [4.69, 9.17) is 22.1 Å². The maximum Gasteiger partial charge on any atom is 0.282 e. The van der Waals surface area contributed by atoms with Crippen LogP contribution in [0, 0.1) is 0 Å². The first-order valence-corrected chi connectivity index (χ1v) is 10.3. The molecule has 0 saturated heterocycles. The number of carbonyl (C=O) groups excluding carboxylic acids is 2. The van der Waals surface area contributed by atoms with Gasteiger partial charge in [-0.25, -0.2) is 0 Å². The van der Waals surface area contributed by atoms with Crippen molar-refractivity contribution in [2.75, 3.05) is 6.61 Å². The summed E-state index contributed by atoms with van der Waals surface area (Å²) in [6.45, 7) is 8.11. The van der Waals surface area contributed by atoms with E-state index in [0.29, 0.717) is 9.69 Å². The van der Waals surface area contributed by atoms with Crippen molar-refractivity contribution < 1.29 is 14.3 Å². The molecule has 2 N–H and O–H groups in total. The van der Waals surface area contributed by atoms with Crippen molar-refractivity contribution in [3.05, 3.63) is 45.2 Å². The zero-order valence-electron chi connectivity index (χ0n) is 16.6. The second-order valence-electron chi connectivity index (χ2n) is 7.46. The maximum atomic E-state index is 12.9. The van der Waals surface area contributed by atoms with Gasteiger partial charge < -0.3 is 10.5 Å². The van der Waals surface area contributed by atoms with Crippen LogP contribution in [0.15, 0.2) is 29.4 Å². The fourth-order valence-corrected chi connectivity index (χ4v) is 3.64. The standard InChI is InChI=1S/C20H26ClN3O3S/c1-5-6-7-13-11-24(20(2,3)4)28-19(13)23-18(26)15-10-14(21)8-9-16(15)27-12-17(22)25/h8-11H,5-7,12H2,1-4H3,(H2,22,25). The highest BCUT2D eigenvalue weighted by Gasteiger charge is 2.18. The molecule has 0 radical (unpaired) electrons. The minimum atomic E-state index is -0.628. The number of primary amides is 1. The number of carbonyl (C=O) groups is 2. The minimum absolute atomic E-state index is 0.103. The molecule has 2 aromatic rings. The third-order valence-corrected chi connectivity index (χ3v) is 5.55. The number of rotatable bonds is 7. The van der Waals surface area contributed by atoms with Gasteiger partial charge in [-0.05, 0) is 63.3 Å². The fourth-order valence-electron chi connectivity index (χ4n) is 2.43. The minimum Gasteiger partial charge on any atom is -0.483 e. The second-order valence-corrected chi connectivity index (χ2v) is 8.86. The molecule has 6 nitrogen and oxygen atoms in total. The first-order valence-electron chi connectivity index (χ1n) is 9.14. The van der Waals surface area contributed by atoms with Crippen LogP contribution in [-0.2, 0) is 16.8 Å². The highest BCUT2D eigenvalue weighted by Crippen LogP contribution is 2.24. The van der Waals surface area contributed by atoms with Crippen LogP contribution in [0.5, 0.6) is 5.75 Å². The quantitative estimate of drug-likeness (QED) is 0.732. The van der Waals surface area contributed by atoms with E-state index < -0.39 is 11.8 Å². The summed E-state index contributed by atoms with van der Waals surface area (Å²) in [4.78, 5) is 28.3. The van der Waals surface area contributed by atoms with Crippen molar-refractivity contribution >= 4 is 34.9 Å². The van der Waals surface area contributed by atoms with E-state index in [0.717, 1.165) is 24.8 Å². The Morgan fingerprint density at radius 1 is 1.32 bits per heavy atom. The van der Waals surface area contributed by atoms with Gasteiger partial charge >= 0.3 is 0 Å². The Morgan fingerprint density at radius 2 is 2.04 bits per heavy atom. The highest BCUT2D eigenvalue weighted by atomic mass is 35.5. The Kier molecular flexibility index (Phi) is 7.43. The molecule has 1 heterocycles. The van der Waals surface area contributed by atoms with Crippen LogP contribution in [0.2, 0.25) is 5.02 Å². The van der Waals surface area contributed by atoms with E-state index in [1.54, 1.807) is 6.07 Å². The summed E-state index contributed by atoms with van der Waals surface area (Å²) in [6, 6.07) is 4.61. The van der Waals surface area contributed by atoms with E-state index in [-0.39, 0.29) is 23.5 Å². The average molecular weight is 424 g/mol. The van der Waals surface area contributed by atoms with Gasteiger partial charge in [0.2, 0.25) is 0 Å². The summed E-state index contributed by atoms with van der Waals surface area (Å²) in [5, 5.41) is 0.382. The molecular weight excluding hydrogens is 398 g/mol. The summed E-state index contributed by atoms with van der Waals surface area (Å²) in [6.07, 6.45) is 4.98. The molecule has 2 amide bonds. The van der Waals surface area contributed by atoms with Crippen LogP contribution in [0.1, 0.15) is 56.5 Å². The number of hydrogen-bond acceptors (Lipinski definition) is 4. The number of ether oxygens (including phenoxy) is 1. The molecule has 0 bridgehead atoms. The SMILES string of the molecule is CCCCc1cn(C(C)(C)C)sc1=NC(=O)c1cc(Cl)ccc1OCC(N)=O. The molecule has 0 aliphatic carbocycles. The molecule has 1 aromatic carbocycles. The number of aryl methyl sites for hydroxylation is 1. The van der Waals surface area contributed by atoms with Crippen molar-refractivity contribution in [3.8, 4) is 5.75 Å². The van der Waals surface area contributed by atoms with Gasteiger partial charge in [-0.3, -0.25) is 13.5 Å². The van der Waals surface area contributed by atoms with Crippen LogP contribution in [0.25, 0.3) is 0 Å². The molecule has 0 saturated carbocycles. The summed E-state index contributed by atoms with van der Waals surface area (Å²) in [5.41, 5.74) is 6.27. The lowest BCUT2D eigenvalue weighted by molar-refractivity contribution is -0.119. The molecule has 0 fully saturated rings. The Labute approximate surface area is 174 Å². The zero-order valence-corrected chi connectivity index (χ0v) is 18.2. The Bertz CT molecular complexity index is 926. The van der Waals surface area contributed by atoms with Gasteiger partial charge in [-0.15, -0.1) is 0 Å². The van der Waals surface area contributed by atoms with Crippen molar-refractivity contribution in [1.29, 1.82) is 0 Å². The second kappa shape index (κ2) is 9.39. The Morgan fingerprint density at radius 3 is 2.64 bits per heavy atom. The molecule has 0 unspecified atom stereocenters. The maximum absolute atomic E-state index is 12.9. The number of aromatic nitrogens is 1. The van der Waals surface area contributed by atoms with E-state index in [9.17, 15) is 9.59 Å². The Hall–Kier alpha value is -2.12. The van der Waals surface area contributed by atoms with Gasteiger partial charge in [0.05, 0.1) is 5.56 Å². The van der Waals surface area contributed by atoms with Crippen LogP contribution >= 0.6 is 23.1 Å². The first-order chi connectivity index (χ1) is 13.1. The van der Waals surface area contributed by atoms with E-state index >= 15 is 0 Å². The third-order valence-electron chi connectivity index (χ3n) is 3.94. The van der Waals surface area contributed by atoms with Crippen molar-refractivity contribution in [2.45, 2.75) is 52.5 Å². The Balaban J connectivity index is 2.47. The average Bonchev–Trinajstić information content (AvgIpc) is 3.01. The number of unbranched alkanes of at least 4 members (excludes halogenated alkanes) is 1. The molecule has 8 heteroatoms. The molecule has 152 valence electrons. The van der Waals surface area contributed by atoms with Gasteiger partial charge in [-0.2, -0.15) is 4.99 Å². The highest BCUT2D eigenvalue weighted by molar-refractivity contribution is 7.04. The van der Waals surface area contributed by atoms with Gasteiger partial charge in [0.1, 0.15) is 10.4 Å². The molecule has 28 heavy (non-hydrogen) atoms. The lowest BCUT2D eigenvalue weighted by atomic mass is 10.1. The number of nitrogens with zero attached hydrogens (tertiary/aromatic N) is 2. The van der Waals surface area contributed by atoms with Crippen LogP contribution < -0.4 is 15.1 Å². The first kappa shape index (κ1) is 22.2. The predicted octanol–water partition coefficient (Wildman–Crippen LogP) is 3.91. The van der Waals surface area contributed by atoms with Crippen LogP contribution in [0.4, 0.5) is 0 Å². The largest absolute Gasteiger partial charge is 0.483 e. The predicted molar refractivity (Wildman–Crippen MR) is 112 cm³/mol. The van der Waals surface area contributed by atoms with Gasteiger partial charge in [0.15, 0.2) is 6.61 Å². The van der Waals surface area contributed by atoms with Crippen LogP contribution in [0.3, 0.4) is 0 Å². The van der Waals surface area contributed by atoms with Gasteiger partial charge in [0, 0.05) is 22.3 Å². The van der Waals surface area contributed by atoms with Gasteiger partial charge in [0.25, 0.3) is 11.8 Å². The van der Waals surface area contributed by atoms with Crippen molar-refractivity contribution in [3.63, 3.8) is 0 Å². The summed E-state index contributed by atoms with van der Waals surface area (Å²) >= 11 is 7.50. The number of hydrogen-bond donors (Lipinski definition) is 1. The summed E-state index contributed by atoms with van der Waals surface area (Å²) in [5.74, 6) is -0.869. The lowest BCUT2D eigenvalue weighted by Crippen LogP contribution is -2.21. The monoisotopic (exact) mass is 423 g/mol. The summed E-state index contributed by atoms with van der Waals surface area (Å²) < 4.78 is 8.13. The van der Waals surface area contributed by atoms with Crippen LogP contribution in [-0.4, -0.2) is 22.4 Å². The fraction of sp³-hybridized carbons (Fsp3) is 0.450. The van der Waals surface area contributed by atoms with Gasteiger partial charge in [-0.1, -0.05) is 24.9 Å². The molecule has 2 rings (SSSR count). The topological polar surface area (TPSA) is 86.7 Å².